The van der Waals surface area contributed by atoms with Gasteiger partial charge in [0.25, 0.3) is 38.9 Å². The molecule has 7 saturated heterocycles. The van der Waals surface area contributed by atoms with Crippen LogP contribution in [0.2, 0.25) is 0 Å². The molecule has 0 saturated carbocycles. The van der Waals surface area contributed by atoms with Crippen molar-refractivity contribution in [2.45, 2.75) is 222 Å². The van der Waals surface area contributed by atoms with Gasteiger partial charge in [0, 0.05) is 134 Å². The fourth-order valence-electron chi connectivity index (χ4n) is 16.1. The van der Waals surface area contributed by atoms with E-state index >= 15 is 0 Å². The number of aliphatic hydroxyl groups is 1. The Kier molecular flexibility index (Phi) is 32.9. The van der Waals surface area contributed by atoms with E-state index in [9.17, 15) is 143 Å². The van der Waals surface area contributed by atoms with Crippen molar-refractivity contribution in [1.29, 1.82) is 0 Å². The minimum Gasteiger partial charge on any atom is -0.390 e. The highest BCUT2D eigenvalue weighted by atomic mass is 31.2. The first kappa shape index (κ1) is 109. The second-order valence-corrected chi connectivity index (χ2v) is 43.3. The second kappa shape index (κ2) is 42.9. The van der Waals surface area contributed by atoms with Gasteiger partial charge in [0.2, 0.25) is 0 Å². The summed E-state index contributed by atoms with van der Waals surface area (Å²) in [5, 5.41) is 10.9. The number of ether oxygens (including phenoxy) is 7. The Morgan fingerprint density at radius 2 is 0.451 bits per heavy atom. The van der Waals surface area contributed by atoms with Crippen LogP contribution >= 0.6 is 54.8 Å². The van der Waals surface area contributed by atoms with Crippen LogP contribution in [0.3, 0.4) is 0 Å². The van der Waals surface area contributed by atoms with E-state index in [1.54, 1.807) is 0 Å². The number of H-pyrrole nitrogens is 6. The molecule has 27 atom stereocenters. The van der Waals surface area contributed by atoms with Crippen molar-refractivity contribution in [2.75, 3.05) is 46.2 Å². The number of rotatable bonds is 40. The summed E-state index contributed by atoms with van der Waals surface area (Å²) in [7, 11) is -38.4. The minimum atomic E-state index is -5.82. The monoisotopic (exact) mass is 2160 g/mol. The maximum absolute atomic E-state index is 14.5. The number of nitrogens with one attached hydrogen (secondary N) is 6. The Bertz CT molecular complexity index is 7250. The summed E-state index contributed by atoms with van der Waals surface area (Å²) in [6.07, 6.45) is -33.3. The van der Waals surface area contributed by atoms with E-state index in [0.29, 0.717) is 4.57 Å². The zero-order chi connectivity index (χ0) is 104. The van der Waals surface area contributed by atoms with Gasteiger partial charge in [0.1, 0.15) is 123 Å². The number of aryl methyl sites for hydroxylation is 7. The summed E-state index contributed by atoms with van der Waals surface area (Å²) in [5.41, 5.74) is -13.7. The molecule has 0 aliphatic carbocycles. The summed E-state index contributed by atoms with van der Waals surface area (Å²) in [4.78, 5) is 280. The fourth-order valence-corrected chi connectivity index (χ4v) is 22.2. The van der Waals surface area contributed by atoms with E-state index in [4.69, 9.17) is 87.4 Å². The number of phosphoric ester groups is 7. The number of nitrogens with zero attached hydrogens (tertiary/aromatic N) is 8. The largest absolute Gasteiger partial charge is 0.472 e. The van der Waals surface area contributed by atoms with Crippen LogP contribution in [0.25, 0.3) is 0 Å². The molecule has 7 aromatic rings. The third-order valence-corrected chi connectivity index (χ3v) is 29.8. The highest BCUT2D eigenvalue weighted by molar-refractivity contribution is 7.49. The zero-order valence-corrected chi connectivity index (χ0v) is 81.3. The molecule has 15 N–H and O–H groups in total. The Hall–Kier alpha value is -8.79. The predicted molar refractivity (Wildman–Crippen MR) is 465 cm³/mol. The summed E-state index contributed by atoms with van der Waals surface area (Å²) >= 11 is 0. The molecule has 0 bridgehead atoms. The van der Waals surface area contributed by atoms with Gasteiger partial charge in [-0.3, -0.25) is 159 Å². The van der Waals surface area contributed by atoms with Gasteiger partial charge >= 0.3 is 94.6 Å². The molecule has 7 aromatic heterocycles. The molecule has 0 amide bonds. The Labute approximate surface area is 790 Å². The second-order valence-electron chi connectivity index (χ2n) is 33.6. The maximum Gasteiger partial charge on any atom is 0.472 e. The van der Waals surface area contributed by atoms with E-state index in [1.165, 1.54) is 48.5 Å². The van der Waals surface area contributed by atoms with Crippen LogP contribution in [0.15, 0.2) is 111 Å². The molecular formula is C71H95N14O50P7. The summed E-state index contributed by atoms with van der Waals surface area (Å²) in [6.45, 7) is 0.893. The highest BCUT2D eigenvalue weighted by Gasteiger charge is 2.53. The van der Waals surface area contributed by atoms with Crippen LogP contribution in [0, 0.1) is 48.5 Å². The molecule has 142 heavy (non-hydrogen) atoms. The zero-order valence-electron chi connectivity index (χ0n) is 75.0. The average Bonchev–Trinajstić information content (AvgIpc) is 1.80. The van der Waals surface area contributed by atoms with Crippen LogP contribution in [0.5, 0.6) is 0 Å². The first-order chi connectivity index (χ1) is 66.2. The number of aliphatic hydroxyl groups excluding tert-OH is 1. The molecular weight excluding hydrogens is 2070 g/mol. The molecule has 0 radical (unpaired) electrons. The first-order valence-electron chi connectivity index (χ1n) is 42.4. The van der Waals surface area contributed by atoms with Gasteiger partial charge in [0.05, 0.1) is 52.4 Å². The molecule has 0 aromatic carbocycles. The number of aromatic nitrogens is 14. The van der Waals surface area contributed by atoms with Crippen molar-refractivity contribution < 1.29 is 168 Å². The standard InChI is InChI=1S/C71H95N14O50P7/c1-30-16-79(65(94)72-58(30)87)51-9-37(86)44(123-51)23-117-137(104,105)131-39-11-53(81-18-32(3)60(89)74-67(81)96)125-46(39)25-119-139(108,109)133-41-13-55(83-20-34(5)62(91)76-69(83)98)128-49(41)28-121-142(114,115)135-43-15-57(85-22-36(7)64(93)78(8)71(85)100)129-50(43)29-122-141(112,113)134-42-14-56(84-21-35(6)63(92)77-70(84)99)127-48(42)27-120-140(110,111)132-40-12-54(82-19-33(4)61(90)75-68(82)97)126-47(40)26-118-138(106,107)130-38-10-52(124-45(38)24-116-136(101,102)103)80-17-31(2)59(88)73-66(80)95/h16-22,37-57,86H,9-15,23-29H2,1-8H3,(H,104,105)(H,106,107)(H,108,109)(H,110,111)(H,112,113)(H,114,115)(H,72,87,94)(H,73,88,95)(H,74,89,96)(H,75,90,97)(H,76,91,98)(H,77,92,99)(H2,101,102,103)/t37-,38-,39-,40-,41-,42-,43-,44+,45+,46+,47+,48+,49+,50+,51+,52+,53+,54+,55+,56+,57+/m0/s1. The molecule has 14 heterocycles. The van der Waals surface area contributed by atoms with Crippen molar-refractivity contribution in [3.63, 3.8) is 0 Å². The van der Waals surface area contributed by atoms with Gasteiger partial charge in [-0.1, -0.05) is 0 Å². The SMILES string of the molecule is Cc1cn([C@H]2C[C@H](OP(=O)(O)OC[C@H]3O[C@@H](n4cc(C)c(=O)[nH]c4=O)C[C@@H]3OP(=O)(O)OC[C@H]3O[C@@H](n4cc(C)c(=O)[nH]c4=O)C[C@@H]3OP(=O)(O)OC[C@H]3O[C@@H](n4cc(C)c(=O)n(C)c4=O)C[C@@H]3OP(=O)(O)OC[C@H]3O[C@@H](n4cc(C)c(=O)[nH]c4=O)C[C@@H]3OP(=O)(O)OC[C@H]3O[C@@H](n4cc(C)c(=O)[nH]c4=O)C[C@@H]3OP(=O)(O)OC[C@H]3O[C@@H](n4cc(C)c(=O)[nH]c4=O)C[C@@H]3O)[C@@H](COP(=O)(O)O)O2)c(=O)[nH]c1=O. The smallest absolute Gasteiger partial charge is 0.390 e. The predicted octanol–water partition coefficient (Wildman–Crippen LogP) is -3.50. The lowest BCUT2D eigenvalue weighted by atomic mass is 10.2. The topological polar surface area (TPSA) is 859 Å². The quantitative estimate of drug-likeness (QED) is 0.0166. The number of aromatic amines is 6. The van der Waals surface area contributed by atoms with E-state index in [0.717, 1.165) is 82.4 Å². The van der Waals surface area contributed by atoms with E-state index in [2.05, 4.69) is 9.51 Å². The fraction of sp³-hybridized carbons (Fsp3) is 0.606. The summed E-state index contributed by atoms with van der Waals surface area (Å²) < 4.78 is 215. The molecule has 7 aliphatic rings. The van der Waals surface area contributed by atoms with Crippen LogP contribution < -0.4 is 78.7 Å². The van der Waals surface area contributed by atoms with Gasteiger partial charge < -0.3 is 77.4 Å². The normalized spacial score (nSPS) is 29.5. The lowest BCUT2D eigenvalue weighted by Crippen LogP contribution is -2.40. The van der Waals surface area contributed by atoms with Crippen LogP contribution in [0.4, 0.5) is 0 Å². The Morgan fingerprint density at radius 3 is 0.662 bits per heavy atom. The average molecular weight is 2160 g/mol. The van der Waals surface area contributed by atoms with E-state index < -0.39 is 347 Å². The first-order valence-corrected chi connectivity index (χ1v) is 52.9. The Balaban J connectivity index is 0.669. The third-order valence-electron chi connectivity index (χ3n) is 23.2. The lowest BCUT2D eigenvalue weighted by Gasteiger charge is -2.26. The molecule has 6 unspecified atom stereocenters. The molecule has 14 rings (SSSR count). The molecule has 64 nitrogen and oxygen atoms in total. The molecule has 7 fully saturated rings. The van der Waals surface area contributed by atoms with Crippen molar-refractivity contribution in [3.05, 3.63) is 228 Å². The van der Waals surface area contributed by atoms with Crippen molar-refractivity contribution >= 4 is 54.8 Å². The van der Waals surface area contributed by atoms with Gasteiger partial charge in [-0.2, -0.15) is 0 Å². The van der Waals surface area contributed by atoms with Crippen molar-refractivity contribution in [1.82, 2.24) is 66.4 Å². The molecule has 0 spiro atoms. The van der Waals surface area contributed by atoms with E-state index in [1.807, 2.05) is 24.9 Å². The van der Waals surface area contributed by atoms with Gasteiger partial charge in [-0.05, 0) is 48.5 Å². The molecule has 7 aliphatic heterocycles. The summed E-state index contributed by atoms with van der Waals surface area (Å²) in [5.74, 6) is 0. The maximum atomic E-state index is 14.5. The number of hydrogen-bond acceptors (Lipinski definition) is 42. The summed E-state index contributed by atoms with van der Waals surface area (Å²) in [6, 6.07) is 0. The lowest BCUT2D eigenvalue weighted by molar-refractivity contribution is -0.0662. The molecule has 784 valence electrons. The third kappa shape index (κ3) is 26.2. The van der Waals surface area contributed by atoms with Gasteiger partial charge in [-0.15, -0.1) is 0 Å². The van der Waals surface area contributed by atoms with Crippen LogP contribution in [0.1, 0.15) is 127 Å². The van der Waals surface area contributed by atoms with Crippen molar-refractivity contribution in [2.24, 2.45) is 7.05 Å². The van der Waals surface area contributed by atoms with E-state index in [-0.39, 0.29) is 45.4 Å². The number of hydrogen-bond donors (Lipinski definition) is 15. The minimum absolute atomic E-state index is 0.0238. The molecule has 71 heteroatoms. The van der Waals surface area contributed by atoms with Crippen LogP contribution in [-0.4, -0.2) is 242 Å². The van der Waals surface area contributed by atoms with Crippen LogP contribution in [-0.2, 0) is 131 Å². The highest BCUT2D eigenvalue weighted by Crippen LogP contribution is 2.58. The van der Waals surface area contributed by atoms with Gasteiger partial charge in [0.15, 0.2) is 0 Å². The number of phosphoric acid groups is 7. The van der Waals surface area contributed by atoms with Crippen molar-refractivity contribution in [3.8, 4) is 0 Å². The van der Waals surface area contributed by atoms with Gasteiger partial charge in [-0.25, -0.2) is 65.5 Å². The Morgan fingerprint density at radius 1 is 0.275 bits per heavy atom.